The van der Waals surface area contributed by atoms with Gasteiger partial charge in [0.05, 0.1) is 4.90 Å². The Balaban J connectivity index is 2.35. The molecule has 1 rings (SSSR count). The van der Waals surface area contributed by atoms with E-state index in [1.807, 2.05) is 0 Å². The molecule has 0 bridgehead atoms. The second-order valence-electron chi connectivity index (χ2n) is 4.85. The van der Waals surface area contributed by atoms with E-state index >= 15 is 0 Å². The van der Waals surface area contributed by atoms with Crippen molar-refractivity contribution in [3.05, 3.63) is 29.8 Å². The van der Waals surface area contributed by atoms with Gasteiger partial charge in [0, 0.05) is 12.1 Å². The smallest absolute Gasteiger partial charge is 0.240 e. The second kappa shape index (κ2) is 8.87. The zero-order valence-corrected chi connectivity index (χ0v) is 12.8. The lowest BCUT2D eigenvalue weighted by molar-refractivity contribution is 0.112. The van der Waals surface area contributed by atoms with Crippen LogP contribution in [0.2, 0.25) is 0 Å². The van der Waals surface area contributed by atoms with Gasteiger partial charge in [0.2, 0.25) is 10.0 Å². The highest BCUT2D eigenvalue weighted by Gasteiger charge is 2.12. The van der Waals surface area contributed by atoms with E-state index in [9.17, 15) is 13.2 Å². The van der Waals surface area contributed by atoms with Crippen molar-refractivity contribution in [2.45, 2.75) is 50.3 Å². The van der Waals surface area contributed by atoms with Crippen LogP contribution in [-0.2, 0) is 10.0 Å². The van der Waals surface area contributed by atoms with Crippen molar-refractivity contribution >= 4 is 16.3 Å². The van der Waals surface area contributed by atoms with E-state index in [0.29, 0.717) is 18.4 Å². The Bertz CT molecular complexity index is 494. The average Bonchev–Trinajstić information content (AvgIpc) is 2.46. The highest BCUT2D eigenvalue weighted by Crippen LogP contribution is 2.10. The topological polar surface area (TPSA) is 63.2 Å². The summed E-state index contributed by atoms with van der Waals surface area (Å²) in [6, 6.07) is 5.92. The maximum Gasteiger partial charge on any atom is 0.240 e. The van der Waals surface area contributed by atoms with E-state index in [1.54, 1.807) is 0 Å². The first-order chi connectivity index (χ1) is 9.60. The van der Waals surface area contributed by atoms with Crippen LogP contribution in [0.1, 0.15) is 55.8 Å². The Morgan fingerprint density at radius 1 is 1.00 bits per heavy atom. The summed E-state index contributed by atoms with van der Waals surface area (Å²) < 4.78 is 26.5. The van der Waals surface area contributed by atoms with Gasteiger partial charge in [-0.05, 0) is 18.6 Å². The minimum atomic E-state index is -3.45. The highest BCUT2D eigenvalue weighted by molar-refractivity contribution is 7.89. The van der Waals surface area contributed by atoms with E-state index in [-0.39, 0.29) is 4.90 Å². The molecule has 0 aliphatic rings. The first kappa shape index (κ1) is 16.9. The first-order valence-corrected chi connectivity index (χ1v) is 8.63. The molecule has 0 aliphatic heterocycles. The molecule has 1 aromatic rings. The predicted molar refractivity (Wildman–Crippen MR) is 80.4 cm³/mol. The maximum absolute atomic E-state index is 12.0. The van der Waals surface area contributed by atoms with Crippen LogP contribution in [0, 0.1) is 0 Å². The summed E-state index contributed by atoms with van der Waals surface area (Å²) in [6.07, 6.45) is 7.43. The lowest BCUT2D eigenvalue weighted by Crippen LogP contribution is -2.24. The summed E-state index contributed by atoms with van der Waals surface area (Å²) in [4.78, 5) is 10.7. The Labute approximate surface area is 121 Å². The number of benzene rings is 1. The molecule has 0 unspecified atom stereocenters. The molecule has 0 saturated heterocycles. The lowest BCUT2D eigenvalue weighted by Gasteiger charge is -2.06. The number of carbonyl (C=O) groups excluding carboxylic acids is 1. The van der Waals surface area contributed by atoms with E-state index in [2.05, 4.69) is 11.6 Å². The third kappa shape index (κ3) is 5.84. The summed E-state index contributed by atoms with van der Waals surface area (Å²) in [6.45, 7) is 2.63. The third-order valence-electron chi connectivity index (χ3n) is 3.15. The molecule has 0 atom stereocenters. The Kier molecular flexibility index (Phi) is 7.47. The molecule has 112 valence electrons. The number of rotatable bonds is 10. The predicted octanol–water partition coefficient (Wildman–Crippen LogP) is 3.14. The molecule has 0 spiro atoms. The molecular formula is C15H23NO3S. The Morgan fingerprint density at radius 2 is 1.60 bits per heavy atom. The molecular weight excluding hydrogens is 274 g/mol. The largest absolute Gasteiger partial charge is 0.298 e. The van der Waals surface area contributed by atoms with Crippen LogP contribution in [0.15, 0.2) is 29.2 Å². The summed E-state index contributed by atoms with van der Waals surface area (Å²) in [5, 5.41) is 0. The van der Waals surface area contributed by atoms with Crippen molar-refractivity contribution in [1.29, 1.82) is 0 Å². The number of aldehydes is 1. The van der Waals surface area contributed by atoms with E-state index in [4.69, 9.17) is 0 Å². The minimum absolute atomic E-state index is 0.203. The fourth-order valence-electron chi connectivity index (χ4n) is 1.92. The quantitative estimate of drug-likeness (QED) is 0.533. The summed E-state index contributed by atoms with van der Waals surface area (Å²) in [5.41, 5.74) is 0.472. The highest BCUT2D eigenvalue weighted by atomic mass is 32.2. The molecule has 0 aliphatic carbocycles. The number of hydrogen-bond acceptors (Lipinski definition) is 3. The zero-order chi connectivity index (χ0) is 14.8. The molecule has 0 amide bonds. The summed E-state index contributed by atoms with van der Waals surface area (Å²) in [7, 11) is -3.45. The van der Waals surface area contributed by atoms with Gasteiger partial charge in [-0.3, -0.25) is 4.79 Å². The van der Waals surface area contributed by atoms with Gasteiger partial charge in [-0.1, -0.05) is 51.2 Å². The van der Waals surface area contributed by atoms with Crippen molar-refractivity contribution in [2.24, 2.45) is 0 Å². The lowest BCUT2D eigenvalue weighted by atomic mass is 10.1. The first-order valence-electron chi connectivity index (χ1n) is 7.15. The van der Waals surface area contributed by atoms with Crippen molar-refractivity contribution in [3.63, 3.8) is 0 Å². The fourth-order valence-corrected chi connectivity index (χ4v) is 2.99. The Morgan fingerprint density at radius 3 is 2.20 bits per heavy atom. The molecule has 0 saturated carbocycles. The van der Waals surface area contributed by atoms with Gasteiger partial charge >= 0.3 is 0 Å². The maximum atomic E-state index is 12.0. The van der Waals surface area contributed by atoms with Gasteiger partial charge in [-0.15, -0.1) is 0 Å². The van der Waals surface area contributed by atoms with Crippen LogP contribution in [0.4, 0.5) is 0 Å². The number of carbonyl (C=O) groups is 1. The van der Waals surface area contributed by atoms with Crippen molar-refractivity contribution < 1.29 is 13.2 Å². The van der Waals surface area contributed by atoms with Gasteiger partial charge in [-0.2, -0.15) is 0 Å². The molecule has 0 radical (unpaired) electrons. The van der Waals surface area contributed by atoms with Crippen molar-refractivity contribution in [3.8, 4) is 0 Å². The number of nitrogens with one attached hydrogen (secondary N) is 1. The van der Waals surface area contributed by atoms with E-state index in [1.165, 1.54) is 43.5 Å². The van der Waals surface area contributed by atoms with Gasteiger partial charge < -0.3 is 0 Å². The van der Waals surface area contributed by atoms with Crippen LogP contribution in [0.3, 0.4) is 0 Å². The average molecular weight is 297 g/mol. The number of hydrogen-bond donors (Lipinski definition) is 1. The van der Waals surface area contributed by atoms with Crippen LogP contribution in [0.5, 0.6) is 0 Å². The van der Waals surface area contributed by atoms with Crippen LogP contribution < -0.4 is 4.72 Å². The number of sulfonamides is 1. The number of unbranched alkanes of at least 4 members (excludes halogenated alkanes) is 5. The Hall–Kier alpha value is -1.20. The van der Waals surface area contributed by atoms with Crippen LogP contribution in [-0.4, -0.2) is 21.2 Å². The van der Waals surface area contributed by atoms with E-state index < -0.39 is 10.0 Å². The molecule has 4 nitrogen and oxygen atoms in total. The standard InChI is InChI=1S/C15H23NO3S/c1-2-3-4-5-6-7-12-16-20(18,19)15-10-8-14(13-17)9-11-15/h8-11,13,16H,2-7,12H2,1H3. The summed E-state index contributed by atoms with van der Waals surface area (Å²) in [5.74, 6) is 0. The molecule has 0 heterocycles. The normalized spacial score (nSPS) is 11.4. The summed E-state index contributed by atoms with van der Waals surface area (Å²) >= 11 is 0. The third-order valence-corrected chi connectivity index (χ3v) is 4.63. The second-order valence-corrected chi connectivity index (χ2v) is 6.62. The fraction of sp³-hybridized carbons (Fsp3) is 0.533. The van der Waals surface area contributed by atoms with E-state index in [0.717, 1.165) is 19.3 Å². The van der Waals surface area contributed by atoms with Crippen LogP contribution in [0.25, 0.3) is 0 Å². The van der Waals surface area contributed by atoms with Crippen molar-refractivity contribution in [1.82, 2.24) is 4.72 Å². The van der Waals surface area contributed by atoms with Crippen molar-refractivity contribution in [2.75, 3.05) is 6.54 Å². The molecule has 20 heavy (non-hydrogen) atoms. The molecule has 0 aromatic heterocycles. The monoisotopic (exact) mass is 297 g/mol. The van der Waals surface area contributed by atoms with Crippen LogP contribution >= 0.6 is 0 Å². The SMILES string of the molecule is CCCCCCCCNS(=O)(=O)c1ccc(C=O)cc1. The molecule has 1 aromatic carbocycles. The van der Waals surface area contributed by atoms with Gasteiger partial charge in [0.1, 0.15) is 6.29 Å². The molecule has 5 heteroatoms. The van der Waals surface area contributed by atoms with Gasteiger partial charge in [-0.25, -0.2) is 13.1 Å². The zero-order valence-electron chi connectivity index (χ0n) is 12.0. The minimum Gasteiger partial charge on any atom is -0.298 e. The van der Waals surface area contributed by atoms with Gasteiger partial charge in [0.15, 0.2) is 0 Å². The molecule has 1 N–H and O–H groups in total. The van der Waals surface area contributed by atoms with Gasteiger partial charge in [0.25, 0.3) is 0 Å². The molecule has 0 fully saturated rings.